The maximum absolute atomic E-state index is 13.7. The molecule has 0 saturated heterocycles. The first kappa shape index (κ1) is 22.3. The minimum absolute atomic E-state index is 0.0214. The van der Waals surface area contributed by atoms with Gasteiger partial charge in [-0.2, -0.15) is 0 Å². The molecule has 6 heteroatoms. The van der Waals surface area contributed by atoms with E-state index in [9.17, 15) is 19.8 Å². The van der Waals surface area contributed by atoms with Crippen molar-refractivity contribution in [1.82, 2.24) is 0 Å². The molecule has 0 unspecified atom stereocenters. The smallest absolute Gasteiger partial charge is 0.199 e. The Bertz CT molecular complexity index is 1380. The molecule has 4 aromatic carbocycles. The molecule has 34 heavy (non-hydrogen) atoms. The van der Waals surface area contributed by atoms with E-state index in [1.165, 1.54) is 35.7 Å². The van der Waals surface area contributed by atoms with Crippen molar-refractivity contribution in [2.24, 2.45) is 0 Å². The molecule has 0 radical (unpaired) electrons. The molecular weight excluding hydrogens is 464 g/mol. The van der Waals surface area contributed by atoms with Crippen LogP contribution in [0.2, 0.25) is 0 Å². The largest absolute Gasteiger partial charge is 0.507 e. The van der Waals surface area contributed by atoms with Gasteiger partial charge in [0.1, 0.15) is 11.5 Å². The highest BCUT2D eigenvalue weighted by Crippen LogP contribution is 2.46. The van der Waals surface area contributed by atoms with Crippen molar-refractivity contribution in [3.8, 4) is 11.5 Å². The molecule has 0 aliphatic heterocycles. The zero-order chi connectivity index (χ0) is 24.0. The van der Waals surface area contributed by atoms with E-state index in [0.29, 0.717) is 9.79 Å². The monoisotopic (exact) mass is 484 g/mol. The van der Waals surface area contributed by atoms with Crippen molar-refractivity contribution < 1.29 is 19.8 Å². The second-order valence-electron chi connectivity index (χ2n) is 8.16. The molecular formula is C28H20O4S2. The van der Waals surface area contributed by atoms with Gasteiger partial charge in [0.25, 0.3) is 0 Å². The summed E-state index contributed by atoms with van der Waals surface area (Å²) in [6, 6.07) is 21.8. The lowest BCUT2D eigenvalue weighted by molar-refractivity contribution is 0.0969. The second-order valence-corrected chi connectivity index (χ2v) is 10.4. The molecule has 0 saturated carbocycles. The van der Waals surface area contributed by atoms with Crippen LogP contribution in [0, 0.1) is 13.8 Å². The van der Waals surface area contributed by atoms with E-state index in [2.05, 4.69) is 0 Å². The first-order valence-corrected chi connectivity index (χ1v) is 12.3. The molecule has 4 nitrogen and oxygen atoms in total. The summed E-state index contributed by atoms with van der Waals surface area (Å²) in [5.74, 6) is -1.44. The Morgan fingerprint density at radius 2 is 0.971 bits per heavy atom. The zero-order valence-electron chi connectivity index (χ0n) is 18.5. The molecule has 2 N–H and O–H groups in total. The highest BCUT2D eigenvalue weighted by atomic mass is 32.2. The van der Waals surface area contributed by atoms with Gasteiger partial charge in [0.15, 0.2) is 11.6 Å². The molecule has 1 aliphatic carbocycles. The first-order chi connectivity index (χ1) is 16.3. The van der Waals surface area contributed by atoms with E-state index in [4.69, 9.17) is 0 Å². The van der Waals surface area contributed by atoms with Crippen LogP contribution < -0.4 is 0 Å². The number of carbonyl (C=O) groups is 2. The van der Waals surface area contributed by atoms with E-state index < -0.39 is 11.6 Å². The number of aryl methyl sites for hydroxylation is 2. The molecule has 168 valence electrons. The number of aromatic hydroxyl groups is 2. The SMILES string of the molecule is Cc1cccc(Sc2ccc(O)c3c2C(=O)c2c(O)ccc(Sc4cccc(C)c4)c2C3=O)c1. The van der Waals surface area contributed by atoms with Gasteiger partial charge in [-0.05, 0) is 62.4 Å². The molecule has 0 atom stereocenters. The number of hydrogen-bond donors (Lipinski definition) is 2. The van der Waals surface area contributed by atoms with Crippen LogP contribution in [0.5, 0.6) is 11.5 Å². The maximum atomic E-state index is 13.7. The van der Waals surface area contributed by atoms with Gasteiger partial charge < -0.3 is 10.2 Å². The van der Waals surface area contributed by atoms with Gasteiger partial charge in [-0.1, -0.05) is 58.9 Å². The number of fused-ring (bicyclic) bond motifs is 2. The summed E-state index contributed by atoms with van der Waals surface area (Å²) < 4.78 is 0. The van der Waals surface area contributed by atoms with E-state index in [1.807, 2.05) is 62.4 Å². The molecule has 0 heterocycles. The molecule has 0 fully saturated rings. The van der Waals surface area contributed by atoms with Crippen molar-refractivity contribution >= 4 is 35.1 Å². The van der Waals surface area contributed by atoms with Crippen molar-refractivity contribution in [3.63, 3.8) is 0 Å². The van der Waals surface area contributed by atoms with E-state index in [-0.39, 0.29) is 33.8 Å². The fourth-order valence-corrected chi connectivity index (χ4v) is 6.24. The van der Waals surface area contributed by atoms with Gasteiger partial charge in [-0.3, -0.25) is 9.59 Å². The van der Waals surface area contributed by atoms with Gasteiger partial charge in [-0.15, -0.1) is 0 Å². The van der Waals surface area contributed by atoms with Gasteiger partial charge in [-0.25, -0.2) is 0 Å². The Kier molecular flexibility index (Phi) is 5.71. The van der Waals surface area contributed by atoms with Crippen molar-refractivity contribution in [1.29, 1.82) is 0 Å². The topological polar surface area (TPSA) is 74.6 Å². The summed E-state index contributed by atoms with van der Waals surface area (Å²) in [6.45, 7) is 3.96. The summed E-state index contributed by atoms with van der Waals surface area (Å²) in [7, 11) is 0. The van der Waals surface area contributed by atoms with Gasteiger partial charge >= 0.3 is 0 Å². The highest BCUT2D eigenvalue weighted by molar-refractivity contribution is 7.99. The van der Waals surface area contributed by atoms with Crippen LogP contribution in [-0.4, -0.2) is 21.8 Å². The maximum Gasteiger partial charge on any atom is 0.199 e. The summed E-state index contributed by atoms with van der Waals surface area (Å²) in [5.41, 5.74) is 2.34. The van der Waals surface area contributed by atoms with Crippen LogP contribution >= 0.6 is 23.5 Å². The normalized spacial score (nSPS) is 12.4. The predicted octanol–water partition coefficient (Wildman–Crippen LogP) is 6.79. The lowest BCUT2D eigenvalue weighted by Crippen LogP contribution is -2.23. The summed E-state index contributed by atoms with van der Waals surface area (Å²) in [5, 5.41) is 21.3. The predicted molar refractivity (Wildman–Crippen MR) is 134 cm³/mol. The molecule has 0 bridgehead atoms. The molecule has 1 aliphatic rings. The Morgan fingerprint density at radius 1 is 0.559 bits per heavy atom. The van der Waals surface area contributed by atoms with Crippen molar-refractivity contribution in [2.45, 2.75) is 33.4 Å². The van der Waals surface area contributed by atoms with Gasteiger partial charge in [0.05, 0.1) is 22.3 Å². The lowest BCUT2D eigenvalue weighted by atomic mass is 9.83. The van der Waals surface area contributed by atoms with Crippen LogP contribution in [0.3, 0.4) is 0 Å². The quantitative estimate of drug-likeness (QED) is 0.292. The summed E-state index contributed by atoms with van der Waals surface area (Å²) >= 11 is 2.70. The minimum Gasteiger partial charge on any atom is -0.507 e. The number of hydrogen-bond acceptors (Lipinski definition) is 6. The molecule has 0 aromatic heterocycles. The standard InChI is InChI=1S/C28H20O4S2/c1-15-5-3-7-17(13-15)33-21-11-9-19(29)23-25(21)27(31)24-20(30)10-12-22(26(24)28(23)32)34-18-8-4-6-16(2)14-18/h3-14,29-30H,1-2H3. The molecule has 0 amide bonds. The number of carbonyl (C=O) groups excluding carboxylic acids is 2. The Balaban J connectivity index is 1.66. The molecule has 0 spiro atoms. The first-order valence-electron chi connectivity index (χ1n) is 10.6. The van der Waals surface area contributed by atoms with Crippen molar-refractivity contribution in [3.05, 3.63) is 106 Å². The molecule has 5 rings (SSSR count). The fraction of sp³-hybridized carbons (Fsp3) is 0.0714. The third-order valence-corrected chi connectivity index (χ3v) is 7.73. The van der Waals surface area contributed by atoms with Crippen LogP contribution in [0.25, 0.3) is 0 Å². The zero-order valence-corrected chi connectivity index (χ0v) is 20.1. The van der Waals surface area contributed by atoms with Crippen LogP contribution in [-0.2, 0) is 0 Å². The van der Waals surface area contributed by atoms with Gasteiger partial charge in [0.2, 0.25) is 0 Å². The number of phenolic OH excluding ortho intramolecular Hbond substituents is 2. The average molecular weight is 485 g/mol. The fourth-order valence-electron chi connectivity index (χ4n) is 4.09. The third-order valence-electron chi connectivity index (χ3n) is 5.63. The van der Waals surface area contributed by atoms with Crippen LogP contribution in [0.15, 0.2) is 92.4 Å². The summed E-state index contributed by atoms with van der Waals surface area (Å²) in [4.78, 5) is 30.4. The number of benzene rings is 4. The summed E-state index contributed by atoms with van der Waals surface area (Å²) in [6.07, 6.45) is 0. The van der Waals surface area contributed by atoms with E-state index in [1.54, 1.807) is 12.1 Å². The molecule has 4 aromatic rings. The van der Waals surface area contributed by atoms with Crippen LogP contribution in [0.4, 0.5) is 0 Å². The Hall–Kier alpha value is -3.48. The lowest BCUT2D eigenvalue weighted by Gasteiger charge is -2.23. The Morgan fingerprint density at radius 3 is 1.35 bits per heavy atom. The number of rotatable bonds is 4. The minimum atomic E-state index is -0.472. The van der Waals surface area contributed by atoms with Crippen molar-refractivity contribution in [2.75, 3.05) is 0 Å². The second kappa shape index (κ2) is 8.70. The Labute approximate surface area is 205 Å². The van der Waals surface area contributed by atoms with E-state index in [0.717, 1.165) is 20.9 Å². The van der Waals surface area contributed by atoms with Gasteiger partial charge in [0, 0.05) is 19.6 Å². The third kappa shape index (κ3) is 3.89. The number of ketones is 2. The highest BCUT2D eigenvalue weighted by Gasteiger charge is 2.38. The van der Waals surface area contributed by atoms with Crippen LogP contribution in [0.1, 0.15) is 43.0 Å². The number of phenols is 2. The van der Waals surface area contributed by atoms with E-state index >= 15 is 0 Å². The average Bonchev–Trinajstić information content (AvgIpc) is 2.79.